The van der Waals surface area contributed by atoms with Crippen LogP contribution in [0.15, 0.2) is 23.1 Å². The van der Waals surface area contributed by atoms with Crippen LogP contribution in [-0.4, -0.2) is 44.1 Å². The number of aliphatic hydroxyl groups is 1. The number of aliphatic hydroxyl groups excluding tert-OH is 1. The molecule has 0 spiro atoms. The van der Waals surface area contributed by atoms with E-state index in [1.54, 1.807) is 13.8 Å². The minimum atomic E-state index is -3.88. The van der Waals surface area contributed by atoms with Crippen molar-refractivity contribution in [2.24, 2.45) is 0 Å². The molecule has 0 saturated carbocycles. The summed E-state index contributed by atoms with van der Waals surface area (Å²) in [5, 5.41) is 9.24. The van der Waals surface area contributed by atoms with Crippen LogP contribution in [0.5, 0.6) is 0 Å². The van der Waals surface area contributed by atoms with Crippen molar-refractivity contribution >= 4 is 10.0 Å². The maximum Gasteiger partial charge on any atom is 0.243 e. The van der Waals surface area contributed by atoms with E-state index in [-0.39, 0.29) is 29.7 Å². The zero-order chi connectivity index (χ0) is 15.3. The van der Waals surface area contributed by atoms with Gasteiger partial charge >= 0.3 is 0 Å². The monoisotopic (exact) mass is 305 g/mol. The first-order valence-electron chi connectivity index (χ1n) is 6.24. The number of methoxy groups -OCH3 is 1. The highest BCUT2D eigenvalue weighted by atomic mass is 32.2. The molecule has 0 heterocycles. The van der Waals surface area contributed by atoms with Crippen LogP contribution < -0.4 is 0 Å². The molecule has 0 saturated heterocycles. The zero-order valence-corrected chi connectivity index (χ0v) is 12.7. The van der Waals surface area contributed by atoms with Gasteiger partial charge in [0, 0.05) is 19.7 Å². The van der Waals surface area contributed by atoms with Gasteiger partial charge in [-0.25, -0.2) is 12.8 Å². The number of hydrogen-bond donors (Lipinski definition) is 1. The summed E-state index contributed by atoms with van der Waals surface area (Å²) < 4.78 is 44.7. The molecule has 0 aliphatic rings. The minimum absolute atomic E-state index is 0.165. The first kappa shape index (κ1) is 17.0. The van der Waals surface area contributed by atoms with E-state index in [4.69, 9.17) is 4.74 Å². The Hall–Kier alpha value is -1.02. The lowest BCUT2D eigenvalue weighted by Gasteiger charge is -2.26. The molecule has 1 N–H and O–H groups in total. The molecule has 0 aliphatic carbocycles. The van der Waals surface area contributed by atoms with E-state index in [1.807, 2.05) is 0 Å². The number of hydrogen-bond acceptors (Lipinski definition) is 4. The van der Waals surface area contributed by atoms with Gasteiger partial charge in [0.25, 0.3) is 0 Å². The molecule has 0 radical (unpaired) electrons. The maximum absolute atomic E-state index is 13.3. The van der Waals surface area contributed by atoms with Crippen molar-refractivity contribution in [3.8, 4) is 0 Å². The van der Waals surface area contributed by atoms with Crippen LogP contribution >= 0.6 is 0 Å². The lowest BCUT2D eigenvalue weighted by atomic mass is 10.2. The summed E-state index contributed by atoms with van der Waals surface area (Å²) in [4.78, 5) is -0.204. The van der Waals surface area contributed by atoms with Crippen LogP contribution in [0.4, 0.5) is 4.39 Å². The topological polar surface area (TPSA) is 66.8 Å². The second-order valence-corrected chi connectivity index (χ2v) is 6.47. The summed E-state index contributed by atoms with van der Waals surface area (Å²) in [5.41, 5.74) is 0.175. The number of benzene rings is 1. The molecule has 0 bridgehead atoms. The van der Waals surface area contributed by atoms with Gasteiger partial charge in [0.05, 0.1) is 18.1 Å². The van der Waals surface area contributed by atoms with Crippen molar-refractivity contribution in [1.29, 1.82) is 0 Å². The maximum atomic E-state index is 13.3. The Morgan fingerprint density at radius 3 is 2.55 bits per heavy atom. The summed E-state index contributed by atoms with van der Waals surface area (Å²) >= 11 is 0. The molecule has 0 fully saturated rings. The third-order valence-corrected chi connectivity index (χ3v) is 5.04. The molecule has 20 heavy (non-hydrogen) atoms. The van der Waals surface area contributed by atoms with Gasteiger partial charge in [0.1, 0.15) is 5.82 Å². The van der Waals surface area contributed by atoms with Crippen LogP contribution in [0.2, 0.25) is 0 Å². The van der Waals surface area contributed by atoms with E-state index in [1.165, 1.54) is 17.5 Å². The SMILES string of the molecule is COCCN(C(C)C)S(=O)(=O)c1cc(F)ccc1CO. The van der Waals surface area contributed by atoms with Gasteiger partial charge in [-0.3, -0.25) is 0 Å². The first-order chi connectivity index (χ1) is 9.34. The van der Waals surface area contributed by atoms with Crippen molar-refractivity contribution in [2.45, 2.75) is 31.4 Å². The summed E-state index contributed by atoms with van der Waals surface area (Å²) in [7, 11) is -2.41. The molecule has 0 amide bonds. The van der Waals surface area contributed by atoms with E-state index in [2.05, 4.69) is 0 Å². The highest BCUT2D eigenvalue weighted by molar-refractivity contribution is 7.89. The quantitative estimate of drug-likeness (QED) is 0.826. The molecule has 0 atom stereocenters. The predicted molar refractivity (Wildman–Crippen MR) is 73.2 cm³/mol. The second-order valence-electron chi connectivity index (χ2n) is 4.61. The summed E-state index contributed by atoms with van der Waals surface area (Å²) in [5.74, 6) is -0.656. The molecule has 0 unspecified atom stereocenters. The Bertz CT molecular complexity index is 545. The molecule has 114 valence electrons. The van der Waals surface area contributed by atoms with Crippen LogP contribution in [0, 0.1) is 5.82 Å². The lowest BCUT2D eigenvalue weighted by Crippen LogP contribution is -2.39. The van der Waals surface area contributed by atoms with E-state index >= 15 is 0 Å². The van der Waals surface area contributed by atoms with Gasteiger partial charge in [-0.1, -0.05) is 6.07 Å². The van der Waals surface area contributed by atoms with E-state index in [0.29, 0.717) is 0 Å². The lowest BCUT2D eigenvalue weighted by molar-refractivity contribution is 0.170. The van der Waals surface area contributed by atoms with Crippen molar-refractivity contribution in [2.75, 3.05) is 20.3 Å². The molecule has 0 aromatic heterocycles. The van der Waals surface area contributed by atoms with Crippen LogP contribution in [0.3, 0.4) is 0 Å². The Balaban J connectivity index is 3.28. The smallest absolute Gasteiger partial charge is 0.243 e. The minimum Gasteiger partial charge on any atom is -0.392 e. The molecule has 1 rings (SSSR count). The van der Waals surface area contributed by atoms with E-state index in [9.17, 15) is 17.9 Å². The fourth-order valence-electron chi connectivity index (χ4n) is 1.86. The van der Waals surface area contributed by atoms with Gasteiger partial charge in [-0.2, -0.15) is 4.31 Å². The number of halogens is 1. The van der Waals surface area contributed by atoms with Crippen LogP contribution in [0.1, 0.15) is 19.4 Å². The van der Waals surface area contributed by atoms with Crippen molar-refractivity contribution < 1.29 is 22.7 Å². The van der Waals surface area contributed by atoms with Crippen molar-refractivity contribution in [1.82, 2.24) is 4.31 Å². The summed E-state index contributed by atoms with van der Waals surface area (Å²) in [6, 6.07) is 3.03. The molecule has 7 heteroatoms. The molecular formula is C13H20FNO4S. The normalized spacial score (nSPS) is 12.3. The van der Waals surface area contributed by atoms with Gasteiger partial charge in [-0.15, -0.1) is 0 Å². The van der Waals surface area contributed by atoms with Crippen LogP contribution in [-0.2, 0) is 21.4 Å². The Labute approximate surface area is 119 Å². The van der Waals surface area contributed by atoms with E-state index < -0.39 is 22.4 Å². The highest BCUT2D eigenvalue weighted by Crippen LogP contribution is 2.23. The average molecular weight is 305 g/mol. The number of sulfonamides is 1. The molecule has 0 aliphatic heterocycles. The standard InChI is InChI=1S/C13H20FNO4S/c1-10(2)15(6-7-19-3)20(17,18)13-8-12(14)5-4-11(13)9-16/h4-5,8,10,16H,6-7,9H2,1-3H3. The van der Waals surface area contributed by atoms with Gasteiger partial charge in [0.2, 0.25) is 10.0 Å². The third-order valence-electron chi connectivity index (χ3n) is 2.88. The predicted octanol–water partition coefficient (Wildman–Crippen LogP) is 1.36. The zero-order valence-electron chi connectivity index (χ0n) is 11.8. The fourth-order valence-corrected chi connectivity index (χ4v) is 3.71. The Kier molecular flexibility index (Phi) is 6.07. The summed E-state index contributed by atoms with van der Waals surface area (Å²) in [6.45, 7) is 3.39. The fraction of sp³-hybridized carbons (Fsp3) is 0.538. The van der Waals surface area contributed by atoms with E-state index in [0.717, 1.165) is 12.1 Å². The van der Waals surface area contributed by atoms with Gasteiger partial charge < -0.3 is 9.84 Å². The van der Waals surface area contributed by atoms with Gasteiger partial charge in [-0.05, 0) is 31.5 Å². The summed E-state index contributed by atoms with van der Waals surface area (Å²) in [6.07, 6.45) is 0. The number of rotatable bonds is 7. The molecular weight excluding hydrogens is 285 g/mol. The van der Waals surface area contributed by atoms with Crippen molar-refractivity contribution in [3.63, 3.8) is 0 Å². The first-order valence-corrected chi connectivity index (χ1v) is 7.68. The second kappa shape index (κ2) is 7.12. The third kappa shape index (κ3) is 3.76. The number of nitrogens with zero attached hydrogens (tertiary/aromatic N) is 1. The van der Waals surface area contributed by atoms with Crippen molar-refractivity contribution in [3.05, 3.63) is 29.6 Å². The Morgan fingerprint density at radius 1 is 1.40 bits per heavy atom. The largest absolute Gasteiger partial charge is 0.392 e. The van der Waals surface area contributed by atoms with Gasteiger partial charge in [0.15, 0.2) is 0 Å². The highest BCUT2D eigenvalue weighted by Gasteiger charge is 2.29. The molecule has 1 aromatic carbocycles. The molecule has 5 nitrogen and oxygen atoms in total. The number of ether oxygens (including phenoxy) is 1. The Morgan fingerprint density at radius 2 is 2.05 bits per heavy atom. The van der Waals surface area contributed by atoms with Crippen LogP contribution in [0.25, 0.3) is 0 Å². The average Bonchev–Trinajstić information content (AvgIpc) is 2.38. The molecule has 1 aromatic rings.